The van der Waals surface area contributed by atoms with Crippen molar-refractivity contribution in [3.8, 4) is 17.2 Å². The van der Waals surface area contributed by atoms with Gasteiger partial charge in [-0.3, -0.25) is 4.79 Å². The summed E-state index contributed by atoms with van der Waals surface area (Å²) in [5.74, 6) is 2.25. The minimum absolute atomic E-state index is 0.0621. The molecule has 0 saturated carbocycles. The molecular formula is C22H23N3O4S. The van der Waals surface area contributed by atoms with Crippen molar-refractivity contribution >= 4 is 17.2 Å². The van der Waals surface area contributed by atoms with Crippen LogP contribution in [0, 0.1) is 0 Å². The third-order valence-electron chi connectivity index (χ3n) is 5.60. The maximum atomic E-state index is 12.6. The van der Waals surface area contributed by atoms with Crippen molar-refractivity contribution in [3.05, 3.63) is 52.5 Å². The van der Waals surface area contributed by atoms with Gasteiger partial charge in [-0.05, 0) is 36.4 Å². The number of nitrogens with zero attached hydrogens (tertiary/aromatic N) is 3. The number of para-hydroxylation sites is 1. The van der Waals surface area contributed by atoms with Gasteiger partial charge in [0, 0.05) is 32.1 Å². The minimum Gasteiger partial charge on any atom is -0.488 e. The molecule has 30 heavy (non-hydrogen) atoms. The lowest BCUT2D eigenvalue weighted by atomic mass is 10.00. The van der Waals surface area contributed by atoms with E-state index in [0.29, 0.717) is 24.7 Å². The van der Waals surface area contributed by atoms with E-state index < -0.39 is 0 Å². The fourth-order valence-corrected chi connectivity index (χ4v) is 4.65. The van der Waals surface area contributed by atoms with E-state index in [0.717, 1.165) is 48.7 Å². The zero-order valence-electron chi connectivity index (χ0n) is 16.5. The van der Waals surface area contributed by atoms with Crippen molar-refractivity contribution in [2.45, 2.75) is 31.3 Å². The van der Waals surface area contributed by atoms with Crippen LogP contribution in [0.25, 0.3) is 11.5 Å². The highest BCUT2D eigenvalue weighted by Crippen LogP contribution is 2.33. The maximum Gasteiger partial charge on any atom is 0.264 e. The molecule has 0 aliphatic carbocycles. The van der Waals surface area contributed by atoms with Crippen molar-refractivity contribution in [3.63, 3.8) is 0 Å². The minimum atomic E-state index is -0.0621. The number of ether oxygens (including phenoxy) is 2. The second kappa shape index (κ2) is 8.57. The number of benzene rings is 1. The Morgan fingerprint density at radius 3 is 2.83 bits per heavy atom. The lowest BCUT2D eigenvalue weighted by Crippen LogP contribution is -2.30. The normalized spacial score (nSPS) is 19.9. The van der Waals surface area contributed by atoms with Crippen LogP contribution in [0.3, 0.4) is 0 Å². The lowest BCUT2D eigenvalue weighted by molar-refractivity contribution is 0.0777. The largest absolute Gasteiger partial charge is 0.488 e. The van der Waals surface area contributed by atoms with Gasteiger partial charge < -0.3 is 18.9 Å². The molecule has 2 fully saturated rings. The Morgan fingerprint density at radius 2 is 2.00 bits per heavy atom. The van der Waals surface area contributed by atoms with Crippen LogP contribution in [0.1, 0.15) is 40.7 Å². The summed E-state index contributed by atoms with van der Waals surface area (Å²) in [6.07, 6.45) is 2.55. The van der Waals surface area contributed by atoms with Crippen molar-refractivity contribution in [2.24, 2.45) is 0 Å². The van der Waals surface area contributed by atoms with Crippen molar-refractivity contribution in [1.82, 2.24) is 15.0 Å². The van der Waals surface area contributed by atoms with Gasteiger partial charge >= 0.3 is 0 Å². The molecule has 0 bridgehead atoms. The molecule has 3 aromatic rings. The van der Waals surface area contributed by atoms with Crippen molar-refractivity contribution in [2.75, 3.05) is 26.3 Å². The van der Waals surface area contributed by atoms with Gasteiger partial charge in [-0.2, -0.15) is 4.98 Å². The van der Waals surface area contributed by atoms with Crippen LogP contribution in [-0.2, 0) is 4.74 Å². The Kier molecular flexibility index (Phi) is 5.50. The zero-order valence-corrected chi connectivity index (χ0v) is 17.3. The quantitative estimate of drug-likeness (QED) is 0.615. The second-order valence-electron chi connectivity index (χ2n) is 7.60. The van der Waals surface area contributed by atoms with E-state index in [9.17, 15) is 4.79 Å². The van der Waals surface area contributed by atoms with Crippen molar-refractivity contribution in [1.29, 1.82) is 0 Å². The van der Waals surface area contributed by atoms with E-state index >= 15 is 0 Å². The third kappa shape index (κ3) is 3.97. The first-order valence-electron chi connectivity index (χ1n) is 10.3. The number of carbonyl (C=O) groups excluding carboxylic acids is 1. The molecule has 1 aromatic carbocycles. The Labute approximate surface area is 178 Å². The zero-order chi connectivity index (χ0) is 20.3. The number of amides is 1. The number of hydrogen-bond donors (Lipinski definition) is 0. The monoisotopic (exact) mass is 425 g/mol. The molecule has 2 aliphatic heterocycles. The van der Waals surface area contributed by atoms with Crippen LogP contribution in [0.15, 0.2) is 46.3 Å². The standard InChI is InChI=1S/C22H23N3O4S/c26-22(19-6-3-13-30-19)25-10-7-16(14-25)28-18-5-2-1-4-17(18)21-23-20(24-29-21)15-8-11-27-12-9-15/h1-6,13,15-16H,7-12,14H2. The van der Waals surface area contributed by atoms with Gasteiger partial charge in [-0.15, -0.1) is 11.3 Å². The first-order chi connectivity index (χ1) is 14.8. The molecule has 2 aliphatic rings. The fourth-order valence-electron chi connectivity index (χ4n) is 3.96. The molecule has 0 N–H and O–H groups in total. The molecule has 1 atom stereocenters. The summed E-state index contributed by atoms with van der Waals surface area (Å²) in [6, 6.07) is 11.5. The number of aromatic nitrogens is 2. The van der Waals surface area contributed by atoms with E-state index in [1.165, 1.54) is 11.3 Å². The molecule has 156 valence electrons. The third-order valence-corrected chi connectivity index (χ3v) is 6.46. The van der Waals surface area contributed by atoms with E-state index in [-0.39, 0.29) is 17.9 Å². The highest BCUT2D eigenvalue weighted by atomic mass is 32.1. The number of hydrogen-bond acceptors (Lipinski definition) is 7. The Morgan fingerprint density at radius 1 is 1.13 bits per heavy atom. The lowest BCUT2D eigenvalue weighted by Gasteiger charge is -2.18. The molecule has 2 aromatic heterocycles. The molecule has 0 spiro atoms. The van der Waals surface area contributed by atoms with E-state index in [4.69, 9.17) is 14.0 Å². The first-order valence-corrected chi connectivity index (χ1v) is 11.2. The topological polar surface area (TPSA) is 77.7 Å². The van der Waals surface area contributed by atoms with Crippen LogP contribution in [0.2, 0.25) is 0 Å². The predicted molar refractivity (Wildman–Crippen MR) is 112 cm³/mol. The van der Waals surface area contributed by atoms with Gasteiger partial charge in [-0.25, -0.2) is 0 Å². The smallest absolute Gasteiger partial charge is 0.264 e. The van der Waals surface area contributed by atoms with Crippen LogP contribution in [0.4, 0.5) is 0 Å². The fraction of sp³-hybridized carbons (Fsp3) is 0.409. The average molecular weight is 426 g/mol. The van der Waals surface area contributed by atoms with E-state index in [1.54, 1.807) is 0 Å². The van der Waals surface area contributed by atoms with Crippen LogP contribution >= 0.6 is 11.3 Å². The Hall–Kier alpha value is -2.71. The van der Waals surface area contributed by atoms with Gasteiger partial charge in [0.05, 0.1) is 17.0 Å². The molecule has 1 unspecified atom stereocenters. The molecule has 2 saturated heterocycles. The number of likely N-dealkylation sites (tertiary alicyclic amines) is 1. The molecule has 8 heteroatoms. The van der Waals surface area contributed by atoms with Crippen LogP contribution < -0.4 is 4.74 Å². The predicted octanol–water partition coefficient (Wildman–Crippen LogP) is 3.99. The molecule has 0 radical (unpaired) electrons. The summed E-state index contributed by atoms with van der Waals surface area (Å²) in [7, 11) is 0. The number of thiophene rings is 1. The van der Waals surface area contributed by atoms with Crippen LogP contribution in [0.5, 0.6) is 5.75 Å². The number of rotatable bonds is 5. The van der Waals surface area contributed by atoms with Gasteiger partial charge in [0.2, 0.25) is 0 Å². The van der Waals surface area contributed by atoms with E-state index in [2.05, 4.69) is 10.1 Å². The van der Waals surface area contributed by atoms with Gasteiger partial charge in [-0.1, -0.05) is 23.4 Å². The molecule has 7 nitrogen and oxygen atoms in total. The summed E-state index contributed by atoms with van der Waals surface area (Å²) >= 11 is 1.47. The first kappa shape index (κ1) is 19.3. The highest BCUT2D eigenvalue weighted by Gasteiger charge is 2.30. The molecule has 1 amide bonds. The summed E-state index contributed by atoms with van der Waals surface area (Å²) in [6.45, 7) is 2.73. The summed E-state index contributed by atoms with van der Waals surface area (Å²) in [5.41, 5.74) is 0.784. The second-order valence-corrected chi connectivity index (χ2v) is 8.55. The van der Waals surface area contributed by atoms with E-state index in [1.807, 2.05) is 46.7 Å². The van der Waals surface area contributed by atoms with Crippen LogP contribution in [-0.4, -0.2) is 53.4 Å². The Balaban J connectivity index is 1.29. The highest BCUT2D eigenvalue weighted by molar-refractivity contribution is 7.12. The average Bonchev–Trinajstić information content (AvgIpc) is 3.56. The molecular weight excluding hydrogens is 402 g/mol. The summed E-state index contributed by atoms with van der Waals surface area (Å²) in [4.78, 5) is 19.8. The van der Waals surface area contributed by atoms with Gasteiger partial charge in [0.15, 0.2) is 5.82 Å². The molecule has 4 heterocycles. The Bertz CT molecular complexity index is 997. The summed E-state index contributed by atoms with van der Waals surface area (Å²) in [5, 5.41) is 6.13. The van der Waals surface area contributed by atoms with Gasteiger partial charge in [0.1, 0.15) is 11.9 Å². The summed E-state index contributed by atoms with van der Waals surface area (Å²) < 4.78 is 17.3. The van der Waals surface area contributed by atoms with Crippen molar-refractivity contribution < 1.29 is 18.8 Å². The van der Waals surface area contributed by atoms with Gasteiger partial charge in [0.25, 0.3) is 11.8 Å². The molecule has 5 rings (SSSR count). The SMILES string of the molecule is O=C(c1cccs1)N1CCC(Oc2ccccc2-c2nc(C3CCOCC3)no2)C1. The maximum absolute atomic E-state index is 12.6. The number of carbonyl (C=O) groups is 1.